The molecule has 0 aliphatic rings. The maximum Gasteiger partial charge on any atom is 0.313 e. The summed E-state index contributed by atoms with van der Waals surface area (Å²) in [6.07, 6.45) is 0. The van der Waals surface area contributed by atoms with Crippen molar-refractivity contribution >= 4 is 17.7 Å². The minimum absolute atomic E-state index is 0.0259. The summed E-state index contributed by atoms with van der Waals surface area (Å²) in [5.74, 6) is -0.736. The van der Waals surface area contributed by atoms with Crippen LogP contribution in [0.25, 0.3) is 0 Å². The van der Waals surface area contributed by atoms with E-state index in [0.29, 0.717) is 0 Å². The highest BCUT2D eigenvalue weighted by Gasteiger charge is 2.20. The van der Waals surface area contributed by atoms with Crippen LogP contribution in [0.4, 0.5) is 0 Å². The number of thioether (sulfide) groups is 1. The molecule has 108 valence electrons. The Morgan fingerprint density at radius 3 is 2.58 bits per heavy atom. The molecule has 0 aliphatic heterocycles. The number of aliphatic carboxylic acids is 1. The van der Waals surface area contributed by atoms with Gasteiger partial charge in [-0.3, -0.25) is 9.48 Å². The lowest BCUT2D eigenvalue weighted by Crippen LogP contribution is -2.20. The van der Waals surface area contributed by atoms with Crippen LogP contribution in [0.2, 0.25) is 0 Å². The Morgan fingerprint density at radius 1 is 1.47 bits per heavy atom. The Bertz CT molecular complexity index is 436. The van der Waals surface area contributed by atoms with Crippen molar-refractivity contribution in [1.29, 1.82) is 0 Å². The van der Waals surface area contributed by atoms with Gasteiger partial charge in [-0.1, -0.05) is 32.5 Å². The van der Waals surface area contributed by atoms with E-state index < -0.39 is 5.97 Å². The molecule has 0 fully saturated rings. The highest BCUT2D eigenvalue weighted by Crippen LogP contribution is 2.26. The van der Waals surface area contributed by atoms with Crippen molar-refractivity contribution < 1.29 is 9.90 Å². The molecule has 0 aliphatic carbocycles. The smallest absolute Gasteiger partial charge is 0.313 e. The van der Waals surface area contributed by atoms with Crippen LogP contribution >= 0.6 is 11.8 Å². The average molecular weight is 285 g/mol. The van der Waals surface area contributed by atoms with Gasteiger partial charge < -0.3 is 10.0 Å². The molecule has 6 heteroatoms. The van der Waals surface area contributed by atoms with Crippen LogP contribution < -0.4 is 0 Å². The molecule has 0 radical (unpaired) electrons. The number of carboxylic acids is 1. The maximum absolute atomic E-state index is 10.7. The van der Waals surface area contributed by atoms with Gasteiger partial charge in [0, 0.05) is 12.0 Å². The van der Waals surface area contributed by atoms with Crippen LogP contribution in [0, 0.1) is 0 Å². The summed E-state index contributed by atoms with van der Waals surface area (Å²) in [7, 11) is 4.02. The Kier molecular flexibility index (Phi) is 5.43. The van der Waals surface area contributed by atoms with E-state index in [0.717, 1.165) is 23.8 Å². The Morgan fingerprint density at radius 2 is 2.11 bits per heavy atom. The summed E-state index contributed by atoms with van der Waals surface area (Å²) >= 11 is 1.33. The van der Waals surface area contributed by atoms with Gasteiger partial charge in [0.1, 0.15) is 0 Å². The second kappa shape index (κ2) is 6.43. The predicted octanol–water partition coefficient (Wildman–Crippen LogP) is 1.92. The van der Waals surface area contributed by atoms with Gasteiger partial charge in [0.2, 0.25) is 0 Å². The van der Waals surface area contributed by atoms with Gasteiger partial charge in [-0.25, -0.2) is 0 Å². The summed E-state index contributed by atoms with van der Waals surface area (Å²) in [6, 6.07) is 2.00. The highest BCUT2D eigenvalue weighted by atomic mass is 32.2. The standard InChI is InChI=1S/C13H23N3O2S/c1-13(2,3)10-8-11(19-9-12(17)18)16(14-10)7-6-15(4)5/h8H,6-7,9H2,1-5H3,(H,17,18). The molecule has 1 aromatic rings. The number of likely N-dealkylation sites (N-methyl/N-ethyl adjacent to an activating group) is 1. The van der Waals surface area contributed by atoms with Crippen LogP contribution in [0.3, 0.4) is 0 Å². The second-order valence-electron chi connectivity index (χ2n) is 5.83. The molecular weight excluding hydrogens is 262 g/mol. The molecule has 0 amide bonds. The van der Waals surface area contributed by atoms with Crippen molar-refractivity contribution in [2.45, 2.75) is 37.8 Å². The molecule has 1 heterocycles. The summed E-state index contributed by atoms with van der Waals surface area (Å²) in [5, 5.41) is 14.3. The van der Waals surface area contributed by atoms with Crippen molar-refractivity contribution in [2.24, 2.45) is 0 Å². The van der Waals surface area contributed by atoms with E-state index in [4.69, 9.17) is 5.11 Å². The van der Waals surface area contributed by atoms with E-state index in [1.807, 2.05) is 24.8 Å². The van der Waals surface area contributed by atoms with Crippen molar-refractivity contribution in [1.82, 2.24) is 14.7 Å². The summed E-state index contributed by atoms with van der Waals surface area (Å²) in [5.41, 5.74) is 0.973. The molecule has 1 N–H and O–H groups in total. The Hall–Kier alpha value is -1.01. The maximum atomic E-state index is 10.7. The van der Waals surface area contributed by atoms with Crippen LogP contribution in [-0.4, -0.2) is 52.1 Å². The van der Waals surface area contributed by atoms with Crippen LogP contribution in [0.15, 0.2) is 11.1 Å². The Balaban J connectivity index is 2.90. The minimum atomic E-state index is -0.803. The Labute approximate surface area is 119 Å². The highest BCUT2D eigenvalue weighted by molar-refractivity contribution is 7.99. The molecule has 0 aromatic carbocycles. The van der Waals surface area contributed by atoms with Crippen molar-refractivity contribution in [3.8, 4) is 0 Å². The molecule has 1 rings (SSSR count). The fraction of sp³-hybridized carbons (Fsp3) is 0.692. The molecule has 1 aromatic heterocycles. The zero-order valence-electron chi connectivity index (χ0n) is 12.3. The lowest BCUT2D eigenvalue weighted by molar-refractivity contribution is -0.133. The van der Waals surface area contributed by atoms with Crippen LogP contribution in [0.1, 0.15) is 26.5 Å². The molecule has 0 spiro atoms. The zero-order chi connectivity index (χ0) is 14.6. The van der Waals surface area contributed by atoms with E-state index in [-0.39, 0.29) is 11.2 Å². The van der Waals surface area contributed by atoms with Gasteiger partial charge >= 0.3 is 5.97 Å². The molecular formula is C13H23N3O2S. The van der Waals surface area contributed by atoms with Gasteiger partial charge in [-0.15, -0.1) is 0 Å². The van der Waals surface area contributed by atoms with E-state index in [9.17, 15) is 4.79 Å². The third-order valence-corrected chi connectivity index (χ3v) is 3.63. The molecule has 0 saturated heterocycles. The zero-order valence-corrected chi connectivity index (χ0v) is 13.1. The molecule has 0 saturated carbocycles. The molecule has 0 atom stereocenters. The van der Waals surface area contributed by atoms with Crippen molar-refractivity contribution in [3.63, 3.8) is 0 Å². The van der Waals surface area contributed by atoms with E-state index in [2.05, 4.69) is 30.8 Å². The third kappa shape index (κ3) is 5.24. The fourth-order valence-electron chi connectivity index (χ4n) is 1.47. The molecule has 5 nitrogen and oxygen atoms in total. The first-order valence-corrected chi connectivity index (χ1v) is 7.26. The number of nitrogens with zero attached hydrogens (tertiary/aromatic N) is 3. The number of carbonyl (C=O) groups is 1. The topological polar surface area (TPSA) is 58.4 Å². The first-order chi connectivity index (χ1) is 8.70. The summed E-state index contributed by atoms with van der Waals surface area (Å²) in [4.78, 5) is 12.8. The average Bonchev–Trinajstić information content (AvgIpc) is 2.66. The van der Waals surface area contributed by atoms with Crippen LogP contribution in [-0.2, 0) is 16.8 Å². The first-order valence-electron chi connectivity index (χ1n) is 6.28. The van der Waals surface area contributed by atoms with Gasteiger partial charge in [0.15, 0.2) is 0 Å². The fourth-order valence-corrected chi connectivity index (χ4v) is 2.22. The number of aromatic nitrogens is 2. The number of rotatable bonds is 6. The van der Waals surface area contributed by atoms with Gasteiger partial charge in [0.05, 0.1) is 23.0 Å². The number of hydrogen-bond acceptors (Lipinski definition) is 4. The van der Waals surface area contributed by atoms with E-state index in [1.165, 1.54) is 11.8 Å². The number of carboxylic acid groups (broad SMARTS) is 1. The lowest BCUT2D eigenvalue weighted by atomic mass is 9.93. The SMILES string of the molecule is CN(C)CCn1nc(C(C)(C)C)cc1SCC(=O)O. The quantitative estimate of drug-likeness (QED) is 0.809. The second-order valence-corrected chi connectivity index (χ2v) is 6.82. The van der Waals surface area contributed by atoms with Gasteiger partial charge in [-0.05, 0) is 20.2 Å². The van der Waals surface area contributed by atoms with Crippen LogP contribution in [0.5, 0.6) is 0 Å². The van der Waals surface area contributed by atoms with Crippen molar-refractivity contribution in [2.75, 3.05) is 26.4 Å². The largest absolute Gasteiger partial charge is 0.481 e. The predicted molar refractivity (Wildman–Crippen MR) is 77.8 cm³/mol. The summed E-state index contributed by atoms with van der Waals surface area (Å²) < 4.78 is 1.91. The lowest BCUT2D eigenvalue weighted by Gasteiger charge is -2.14. The first kappa shape index (κ1) is 16.0. The molecule has 0 bridgehead atoms. The molecule has 0 unspecified atom stereocenters. The van der Waals surface area contributed by atoms with E-state index in [1.54, 1.807) is 0 Å². The number of hydrogen-bond donors (Lipinski definition) is 1. The van der Waals surface area contributed by atoms with Gasteiger partial charge in [0.25, 0.3) is 0 Å². The van der Waals surface area contributed by atoms with Gasteiger partial charge in [-0.2, -0.15) is 5.10 Å². The minimum Gasteiger partial charge on any atom is -0.481 e. The third-order valence-electron chi connectivity index (χ3n) is 2.61. The normalized spacial score (nSPS) is 12.1. The molecule has 19 heavy (non-hydrogen) atoms. The monoisotopic (exact) mass is 285 g/mol. The van der Waals surface area contributed by atoms with Crippen molar-refractivity contribution in [3.05, 3.63) is 11.8 Å². The van der Waals surface area contributed by atoms with E-state index >= 15 is 0 Å². The summed E-state index contributed by atoms with van der Waals surface area (Å²) in [6.45, 7) is 7.97.